The average molecular weight is 158 g/mol. The fourth-order valence-corrected chi connectivity index (χ4v) is 0.889. The van der Waals surface area contributed by atoms with Crippen LogP contribution in [0.4, 0.5) is 0 Å². The van der Waals surface area contributed by atoms with Gasteiger partial charge in [-0.25, -0.2) is 5.11 Å². The third-order valence-corrected chi connectivity index (χ3v) is 1.51. The lowest BCUT2D eigenvalue weighted by molar-refractivity contribution is 0.00528. The molecule has 0 amide bonds. The Morgan fingerprint density at radius 3 is 2.36 bits per heavy atom. The predicted molar refractivity (Wildman–Crippen MR) is 47.2 cm³/mol. The number of hydrogen-bond acceptors (Lipinski definition) is 1. The second-order valence-electron chi connectivity index (χ2n) is 3.64. The van der Waals surface area contributed by atoms with Gasteiger partial charge in [0, 0.05) is 6.54 Å². The summed E-state index contributed by atoms with van der Waals surface area (Å²) in [6, 6.07) is 0. The quantitative estimate of drug-likeness (QED) is 0.589. The minimum Gasteiger partial charge on any atom is -0.314 e. The van der Waals surface area contributed by atoms with E-state index in [-0.39, 0.29) is 0 Å². The molecule has 0 spiro atoms. The maximum absolute atomic E-state index is 11.1. The number of unbranched alkanes of at least 4 members (excludes halogenated alkanes) is 2. The molecule has 0 aliphatic heterocycles. The van der Waals surface area contributed by atoms with Gasteiger partial charge in [0.1, 0.15) is 5.60 Å². The van der Waals surface area contributed by atoms with Crippen molar-refractivity contribution in [2.24, 2.45) is 0 Å². The Labute approximate surface area is 70.0 Å². The highest BCUT2D eigenvalue weighted by molar-refractivity contribution is 4.67. The monoisotopic (exact) mass is 158 g/mol. The van der Waals surface area contributed by atoms with Crippen molar-refractivity contribution in [1.82, 2.24) is 5.32 Å². The van der Waals surface area contributed by atoms with Crippen molar-refractivity contribution in [2.45, 2.75) is 45.6 Å². The van der Waals surface area contributed by atoms with Crippen LogP contribution in [-0.2, 0) is 5.11 Å². The molecular weight excluding hydrogens is 138 g/mol. The molecule has 1 radical (unpaired) electrons. The van der Waals surface area contributed by atoms with E-state index in [2.05, 4.69) is 12.2 Å². The van der Waals surface area contributed by atoms with Gasteiger partial charge in [0.2, 0.25) is 0 Å². The summed E-state index contributed by atoms with van der Waals surface area (Å²) in [4.78, 5) is 0. The van der Waals surface area contributed by atoms with Crippen molar-refractivity contribution >= 4 is 0 Å². The molecule has 2 nitrogen and oxygen atoms in total. The molecule has 0 aromatic rings. The Bertz CT molecular complexity index is 86.1. The highest BCUT2D eigenvalue weighted by atomic mass is 16.3. The van der Waals surface area contributed by atoms with Crippen molar-refractivity contribution in [2.75, 3.05) is 13.1 Å². The number of hydrogen-bond donors (Lipinski definition) is 1. The zero-order valence-corrected chi connectivity index (χ0v) is 7.94. The molecule has 0 saturated heterocycles. The van der Waals surface area contributed by atoms with Crippen LogP contribution >= 0.6 is 0 Å². The van der Waals surface area contributed by atoms with Crippen molar-refractivity contribution in [1.29, 1.82) is 0 Å². The molecular formula is C9H20NO. The normalized spacial score (nSPS) is 12.0. The smallest absolute Gasteiger partial charge is 0.110 e. The van der Waals surface area contributed by atoms with Crippen LogP contribution < -0.4 is 5.32 Å². The largest absolute Gasteiger partial charge is 0.314 e. The summed E-state index contributed by atoms with van der Waals surface area (Å²) in [6.45, 7) is 7.16. The molecule has 0 saturated carbocycles. The molecule has 0 aliphatic carbocycles. The van der Waals surface area contributed by atoms with E-state index in [0.29, 0.717) is 6.54 Å². The Kier molecular flexibility index (Phi) is 5.51. The molecule has 0 aliphatic rings. The molecule has 0 rings (SSSR count). The van der Waals surface area contributed by atoms with E-state index >= 15 is 0 Å². The fourth-order valence-electron chi connectivity index (χ4n) is 0.889. The van der Waals surface area contributed by atoms with E-state index in [1.54, 1.807) is 13.8 Å². The first-order chi connectivity index (χ1) is 5.06. The van der Waals surface area contributed by atoms with Gasteiger partial charge in [0.05, 0.1) is 0 Å². The van der Waals surface area contributed by atoms with Crippen LogP contribution in [0.1, 0.15) is 40.0 Å². The molecule has 0 bridgehead atoms. The standard InChI is InChI=1S/C9H20NO/c1-4-5-6-7-10-8-9(2,3)11/h10H,4-8H2,1-3H3. The topological polar surface area (TPSA) is 31.9 Å². The third-order valence-electron chi connectivity index (χ3n) is 1.51. The van der Waals surface area contributed by atoms with Crippen LogP contribution in [0.2, 0.25) is 0 Å². The molecule has 1 N–H and O–H groups in total. The fraction of sp³-hybridized carbons (Fsp3) is 1.00. The van der Waals surface area contributed by atoms with Gasteiger partial charge >= 0.3 is 0 Å². The lowest BCUT2D eigenvalue weighted by Gasteiger charge is -2.14. The molecule has 2 heteroatoms. The Hall–Kier alpha value is -0.0800. The molecule has 0 atom stereocenters. The minimum absolute atomic E-state index is 0.580. The predicted octanol–water partition coefficient (Wildman–Crippen LogP) is 1.98. The van der Waals surface area contributed by atoms with Gasteiger partial charge < -0.3 is 5.32 Å². The molecule has 0 heterocycles. The zero-order valence-electron chi connectivity index (χ0n) is 7.94. The lowest BCUT2D eigenvalue weighted by Crippen LogP contribution is -2.33. The van der Waals surface area contributed by atoms with Crippen LogP contribution in [0.25, 0.3) is 0 Å². The van der Waals surface area contributed by atoms with Gasteiger partial charge in [-0.3, -0.25) is 0 Å². The van der Waals surface area contributed by atoms with Gasteiger partial charge in [-0.1, -0.05) is 19.8 Å². The van der Waals surface area contributed by atoms with Gasteiger partial charge in [-0.15, -0.1) is 0 Å². The average Bonchev–Trinajstić information content (AvgIpc) is 1.85. The second-order valence-corrected chi connectivity index (χ2v) is 3.64. The van der Waals surface area contributed by atoms with E-state index in [4.69, 9.17) is 0 Å². The Morgan fingerprint density at radius 2 is 1.91 bits per heavy atom. The molecule has 0 unspecified atom stereocenters. The van der Waals surface area contributed by atoms with E-state index in [9.17, 15) is 5.11 Å². The molecule has 0 aromatic carbocycles. The van der Waals surface area contributed by atoms with Gasteiger partial charge in [-0.2, -0.15) is 0 Å². The molecule has 67 valence electrons. The van der Waals surface area contributed by atoms with Crippen molar-refractivity contribution in [3.05, 3.63) is 0 Å². The van der Waals surface area contributed by atoms with Crippen LogP contribution in [0, 0.1) is 0 Å². The summed E-state index contributed by atoms with van der Waals surface area (Å²) in [5.41, 5.74) is -0.813. The van der Waals surface area contributed by atoms with Crippen molar-refractivity contribution in [3.8, 4) is 0 Å². The summed E-state index contributed by atoms with van der Waals surface area (Å²) in [5.74, 6) is 0. The lowest BCUT2D eigenvalue weighted by atomic mass is 10.1. The van der Waals surface area contributed by atoms with E-state index in [1.807, 2.05) is 0 Å². The third kappa shape index (κ3) is 9.92. The summed E-state index contributed by atoms with van der Waals surface area (Å²) in [5, 5.41) is 14.2. The van der Waals surface area contributed by atoms with Crippen LogP contribution in [0.5, 0.6) is 0 Å². The van der Waals surface area contributed by atoms with E-state index in [0.717, 1.165) is 6.54 Å². The van der Waals surface area contributed by atoms with Gasteiger partial charge in [-0.05, 0) is 26.8 Å². The first-order valence-electron chi connectivity index (χ1n) is 4.47. The zero-order chi connectivity index (χ0) is 8.74. The maximum Gasteiger partial charge on any atom is 0.110 e. The maximum atomic E-state index is 11.1. The van der Waals surface area contributed by atoms with Crippen LogP contribution in [-0.4, -0.2) is 18.7 Å². The van der Waals surface area contributed by atoms with Gasteiger partial charge in [0.15, 0.2) is 0 Å². The minimum atomic E-state index is -0.813. The molecule has 11 heavy (non-hydrogen) atoms. The van der Waals surface area contributed by atoms with Crippen molar-refractivity contribution in [3.63, 3.8) is 0 Å². The number of nitrogens with one attached hydrogen (secondary N) is 1. The van der Waals surface area contributed by atoms with Crippen LogP contribution in [0.15, 0.2) is 0 Å². The Morgan fingerprint density at radius 1 is 1.27 bits per heavy atom. The summed E-state index contributed by atoms with van der Waals surface area (Å²) in [6.07, 6.45) is 3.68. The van der Waals surface area contributed by atoms with E-state index < -0.39 is 5.60 Å². The van der Waals surface area contributed by atoms with Crippen molar-refractivity contribution < 1.29 is 5.11 Å². The Balaban J connectivity index is 3.02. The summed E-state index contributed by atoms with van der Waals surface area (Å²) in [7, 11) is 0. The highest BCUT2D eigenvalue weighted by Gasteiger charge is 2.12. The second kappa shape index (κ2) is 5.56. The highest BCUT2D eigenvalue weighted by Crippen LogP contribution is 1.99. The molecule has 0 fully saturated rings. The number of rotatable bonds is 6. The summed E-state index contributed by atoms with van der Waals surface area (Å²) < 4.78 is 0. The first-order valence-corrected chi connectivity index (χ1v) is 4.47. The molecule has 0 aromatic heterocycles. The SMILES string of the molecule is CCCCCNCC(C)(C)[O]. The van der Waals surface area contributed by atoms with Crippen LogP contribution in [0.3, 0.4) is 0 Å². The summed E-state index contributed by atoms with van der Waals surface area (Å²) >= 11 is 0. The van der Waals surface area contributed by atoms with E-state index in [1.165, 1.54) is 19.3 Å². The van der Waals surface area contributed by atoms with Gasteiger partial charge in [0.25, 0.3) is 0 Å². The first kappa shape index (κ1) is 10.9.